The molecule has 1 heterocycles. The van der Waals surface area contributed by atoms with Gasteiger partial charge in [0.15, 0.2) is 5.75 Å². The first-order valence-electron chi connectivity index (χ1n) is 8.21. The Labute approximate surface area is 156 Å². The van der Waals surface area contributed by atoms with Crippen LogP contribution in [0.2, 0.25) is 5.02 Å². The zero-order valence-electron chi connectivity index (χ0n) is 14.2. The van der Waals surface area contributed by atoms with Crippen LogP contribution in [0.1, 0.15) is 18.7 Å². The zero-order valence-corrected chi connectivity index (χ0v) is 15.0. The molecule has 0 aliphatic rings. The SMILES string of the molecule is C[C@H](NCC(=O)Nc1cc(Cl)ccc1Oc1ccccc1)c1ccco1. The molecule has 0 aliphatic heterocycles. The van der Waals surface area contributed by atoms with Crippen molar-refractivity contribution in [1.29, 1.82) is 0 Å². The molecular formula is C20H19ClN2O3. The normalized spacial score (nSPS) is 11.8. The average molecular weight is 371 g/mol. The Morgan fingerprint density at radius 2 is 1.96 bits per heavy atom. The minimum atomic E-state index is -0.205. The van der Waals surface area contributed by atoms with Gasteiger partial charge >= 0.3 is 0 Å². The standard InChI is InChI=1S/C20H19ClN2O3/c1-14(18-8-5-11-25-18)22-13-20(24)23-17-12-15(21)9-10-19(17)26-16-6-3-2-4-7-16/h2-12,14,22H,13H2,1H3,(H,23,24)/t14-/m0/s1. The van der Waals surface area contributed by atoms with Crippen molar-refractivity contribution in [2.24, 2.45) is 0 Å². The van der Waals surface area contributed by atoms with Crippen LogP contribution in [0, 0.1) is 0 Å². The van der Waals surface area contributed by atoms with Gasteiger partial charge in [-0.25, -0.2) is 0 Å². The molecule has 6 heteroatoms. The molecule has 0 saturated heterocycles. The van der Waals surface area contributed by atoms with Crippen molar-refractivity contribution in [2.45, 2.75) is 13.0 Å². The molecule has 0 aliphatic carbocycles. The number of halogens is 1. The van der Waals surface area contributed by atoms with Crippen molar-refractivity contribution in [3.63, 3.8) is 0 Å². The van der Waals surface area contributed by atoms with E-state index in [1.165, 1.54) is 0 Å². The number of hydrogen-bond donors (Lipinski definition) is 2. The van der Waals surface area contributed by atoms with Gasteiger partial charge in [0.2, 0.25) is 5.91 Å². The summed E-state index contributed by atoms with van der Waals surface area (Å²) >= 11 is 6.06. The van der Waals surface area contributed by atoms with Crippen molar-refractivity contribution in [2.75, 3.05) is 11.9 Å². The van der Waals surface area contributed by atoms with Gasteiger partial charge in [0.1, 0.15) is 11.5 Å². The fourth-order valence-corrected chi connectivity index (χ4v) is 2.55. The molecule has 134 valence electrons. The van der Waals surface area contributed by atoms with Crippen LogP contribution >= 0.6 is 11.6 Å². The van der Waals surface area contributed by atoms with Gasteiger partial charge in [-0.15, -0.1) is 0 Å². The highest BCUT2D eigenvalue weighted by molar-refractivity contribution is 6.31. The largest absolute Gasteiger partial charge is 0.468 e. The van der Waals surface area contributed by atoms with Crippen molar-refractivity contribution in [3.05, 3.63) is 77.7 Å². The maximum atomic E-state index is 12.3. The van der Waals surface area contributed by atoms with E-state index < -0.39 is 0 Å². The van der Waals surface area contributed by atoms with Gasteiger partial charge in [0.05, 0.1) is 24.5 Å². The van der Waals surface area contributed by atoms with Crippen LogP contribution in [-0.4, -0.2) is 12.5 Å². The molecule has 26 heavy (non-hydrogen) atoms. The minimum Gasteiger partial charge on any atom is -0.468 e. The number of rotatable bonds is 7. The first kappa shape index (κ1) is 18.0. The molecule has 0 spiro atoms. The zero-order chi connectivity index (χ0) is 18.4. The minimum absolute atomic E-state index is 0.0739. The van der Waals surface area contributed by atoms with Crippen LogP contribution in [0.5, 0.6) is 11.5 Å². The van der Waals surface area contributed by atoms with Crippen LogP contribution in [-0.2, 0) is 4.79 Å². The highest BCUT2D eigenvalue weighted by Gasteiger charge is 2.13. The number of carbonyl (C=O) groups excluding carboxylic acids is 1. The summed E-state index contributed by atoms with van der Waals surface area (Å²) in [5.74, 6) is 1.76. The van der Waals surface area contributed by atoms with E-state index >= 15 is 0 Å². The van der Waals surface area contributed by atoms with E-state index in [0.717, 1.165) is 5.76 Å². The van der Waals surface area contributed by atoms with Gasteiger partial charge in [-0.2, -0.15) is 0 Å². The topological polar surface area (TPSA) is 63.5 Å². The molecule has 0 bridgehead atoms. The summed E-state index contributed by atoms with van der Waals surface area (Å²) in [4.78, 5) is 12.3. The monoisotopic (exact) mass is 370 g/mol. The second-order valence-corrected chi connectivity index (χ2v) is 6.16. The van der Waals surface area contributed by atoms with Crippen LogP contribution in [0.15, 0.2) is 71.3 Å². The molecule has 0 radical (unpaired) electrons. The lowest BCUT2D eigenvalue weighted by atomic mass is 10.2. The summed E-state index contributed by atoms with van der Waals surface area (Å²) in [6.45, 7) is 2.05. The van der Waals surface area contributed by atoms with Crippen molar-refractivity contribution in [3.8, 4) is 11.5 Å². The van der Waals surface area contributed by atoms with Crippen LogP contribution in [0.4, 0.5) is 5.69 Å². The van der Waals surface area contributed by atoms with Crippen molar-refractivity contribution in [1.82, 2.24) is 5.32 Å². The third-order valence-corrected chi connectivity index (χ3v) is 3.96. The second kappa shape index (κ2) is 8.56. The predicted octanol–water partition coefficient (Wildman–Crippen LogP) is 5.01. The Hall–Kier alpha value is -2.76. The average Bonchev–Trinajstić information content (AvgIpc) is 3.18. The number of para-hydroxylation sites is 1. The number of furan rings is 1. The molecule has 2 N–H and O–H groups in total. The lowest BCUT2D eigenvalue weighted by molar-refractivity contribution is -0.115. The maximum Gasteiger partial charge on any atom is 0.238 e. The van der Waals surface area contributed by atoms with Gasteiger partial charge < -0.3 is 14.5 Å². The quantitative estimate of drug-likeness (QED) is 0.613. The van der Waals surface area contributed by atoms with Gasteiger partial charge in [0.25, 0.3) is 0 Å². The number of nitrogens with one attached hydrogen (secondary N) is 2. The van der Waals surface area contributed by atoms with Gasteiger partial charge in [-0.3, -0.25) is 10.1 Å². The molecule has 5 nitrogen and oxygen atoms in total. The highest BCUT2D eigenvalue weighted by atomic mass is 35.5. The number of benzene rings is 2. The number of ether oxygens (including phenoxy) is 1. The molecule has 3 rings (SSSR count). The first-order chi connectivity index (χ1) is 12.6. The van der Waals surface area contributed by atoms with Crippen LogP contribution in [0.25, 0.3) is 0 Å². The van der Waals surface area contributed by atoms with Crippen LogP contribution in [0.3, 0.4) is 0 Å². The summed E-state index contributed by atoms with van der Waals surface area (Å²) < 4.78 is 11.2. The summed E-state index contributed by atoms with van der Waals surface area (Å²) in [5.41, 5.74) is 0.513. The lowest BCUT2D eigenvalue weighted by Crippen LogP contribution is -2.30. The lowest BCUT2D eigenvalue weighted by Gasteiger charge is -2.14. The Bertz CT molecular complexity index is 851. The second-order valence-electron chi connectivity index (χ2n) is 5.72. The van der Waals surface area contributed by atoms with E-state index in [2.05, 4.69) is 10.6 Å². The molecule has 1 atom stereocenters. The summed E-state index contributed by atoms with van der Waals surface area (Å²) in [7, 11) is 0. The van der Waals surface area contributed by atoms with E-state index in [9.17, 15) is 4.79 Å². The fraction of sp³-hybridized carbons (Fsp3) is 0.150. The number of amides is 1. The Kier molecular flexibility index (Phi) is 5.94. The summed E-state index contributed by atoms with van der Waals surface area (Å²) in [5, 5.41) is 6.45. The van der Waals surface area contributed by atoms with E-state index in [-0.39, 0.29) is 18.5 Å². The summed E-state index contributed by atoms with van der Waals surface area (Å²) in [6.07, 6.45) is 1.60. The maximum absolute atomic E-state index is 12.3. The smallest absolute Gasteiger partial charge is 0.238 e. The van der Waals surface area contributed by atoms with Gasteiger partial charge in [-0.1, -0.05) is 29.8 Å². The Morgan fingerprint density at radius 3 is 2.69 bits per heavy atom. The first-order valence-corrected chi connectivity index (χ1v) is 8.59. The van der Waals surface area contributed by atoms with Crippen LogP contribution < -0.4 is 15.4 Å². The number of carbonyl (C=O) groups is 1. The molecule has 1 amide bonds. The molecule has 0 saturated carbocycles. The molecule has 1 aromatic heterocycles. The van der Waals surface area contributed by atoms with E-state index in [1.807, 2.05) is 49.4 Å². The summed E-state index contributed by atoms with van der Waals surface area (Å²) in [6, 6.07) is 18.0. The fourth-order valence-electron chi connectivity index (χ4n) is 2.38. The van der Waals surface area contributed by atoms with Crippen molar-refractivity contribution >= 4 is 23.2 Å². The molecule has 2 aromatic carbocycles. The van der Waals surface area contributed by atoms with E-state index in [4.69, 9.17) is 20.8 Å². The third kappa shape index (κ3) is 4.88. The Balaban J connectivity index is 1.64. The molecule has 0 unspecified atom stereocenters. The third-order valence-electron chi connectivity index (χ3n) is 3.73. The molecule has 3 aromatic rings. The highest BCUT2D eigenvalue weighted by Crippen LogP contribution is 2.31. The predicted molar refractivity (Wildman–Crippen MR) is 102 cm³/mol. The Morgan fingerprint density at radius 1 is 1.15 bits per heavy atom. The van der Waals surface area contributed by atoms with Gasteiger partial charge in [-0.05, 0) is 49.4 Å². The number of anilines is 1. The van der Waals surface area contributed by atoms with E-state index in [1.54, 1.807) is 24.5 Å². The molecule has 0 fully saturated rings. The van der Waals surface area contributed by atoms with Crippen molar-refractivity contribution < 1.29 is 13.9 Å². The number of hydrogen-bond acceptors (Lipinski definition) is 4. The molecular weight excluding hydrogens is 352 g/mol. The van der Waals surface area contributed by atoms with E-state index in [0.29, 0.717) is 22.2 Å². The van der Waals surface area contributed by atoms with Gasteiger partial charge in [0, 0.05) is 5.02 Å².